The van der Waals surface area contributed by atoms with Gasteiger partial charge in [-0.05, 0) is 6.92 Å². The maximum absolute atomic E-state index is 12.4. The summed E-state index contributed by atoms with van der Waals surface area (Å²) in [4.78, 5) is 20.8. The maximum Gasteiger partial charge on any atom is 0.326 e. The molecule has 2 N–H and O–H groups in total. The summed E-state index contributed by atoms with van der Waals surface area (Å²) in [6.45, 7) is 1.68. The molecule has 0 radical (unpaired) electrons. The van der Waals surface area contributed by atoms with Crippen LogP contribution in [0.3, 0.4) is 0 Å². The minimum absolute atomic E-state index is 0.602. The van der Waals surface area contributed by atoms with Gasteiger partial charge in [-0.25, -0.2) is 13.6 Å². The van der Waals surface area contributed by atoms with Gasteiger partial charge in [0.1, 0.15) is 6.04 Å². The highest BCUT2D eigenvalue weighted by Gasteiger charge is 2.31. The molecule has 0 saturated heterocycles. The first-order chi connectivity index (χ1) is 5.72. The SMILES string of the molecule is CC(=O)NC(CC(C)(F)F)C(=O)O. The molecular formula is C7H11F2NO3. The number of halogens is 2. The third kappa shape index (κ3) is 6.01. The lowest BCUT2D eigenvalue weighted by atomic mass is 10.1. The maximum atomic E-state index is 12.4. The smallest absolute Gasteiger partial charge is 0.326 e. The van der Waals surface area contributed by atoms with E-state index in [1.54, 1.807) is 0 Å². The number of carbonyl (C=O) groups excluding carboxylic acids is 1. The van der Waals surface area contributed by atoms with Crippen molar-refractivity contribution in [2.75, 3.05) is 0 Å². The number of carbonyl (C=O) groups is 2. The van der Waals surface area contributed by atoms with Crippen molar-refractivity contribution in [1.29, 1.82) is 0 Å². The Bertz CT molecular complexity index is 212. The average molecular weight is 195 g/mol. The molecule has 0 rings (SSSR count). The first kappa shape index (κ1) is 11.8. The van der Waals surface area contributed by atoms with Crippen LogP contribution in [0.1, 0.15) is 20.3 Å². The molecule has 0 heterocycles. The Labute approximate surface area is 73.9 Å². The van der Waals surface area contributed by atoms with Gasteiger partial charge in [0.25, 0.3) is 0 Å². The van der Waals surface area contributed by atoms with Gasteiger partial charge >= 0.3 is 5.97 Å². The van der Waals surface area contributed by atoms with E-state index in [0.717, 1.165) is 6.92 Å². The summed E-state index contributed by atoms with van der Waals surface area (Å²) in [5, 5.41) is 10.4. The molecule has 0 aromatic rings. The predicted octanol–water partition coefficient (Wildman–Crippen LogP) is 0.621. The zero-order valence-electron chi connectivity index (χ0n) is 7.30. The number of alkyl halides is 2. The molecule has 1 amide bonds. The second kappa shape index (κ2) is 4.15. The third-order valence-corrected chi connectivity index (χ3v) is 1.24. The van der Waals surface area contributed by atoms with Crippen LogP contribution in [0.2, 0.25) is 0 Å². The number of hydrogen-bond donors (Lipinski definition) is 2. The molecule has 0 spiro atoms. The predicted molar refractivity (Wildman–Crippen MR) is 40.5 cm³/mol. The van der Waals surface area contributed by atoms with Crippen LogP contribution in [0.5, 0.6) is 0 Å². The fourth-order valence-corrected chi connectivity index (χ4v) is 0.804. The zero-order valence-corrected chi connectivity index (χ0v) is 7.30. The molecule has 0 aromatic heterocycles. The van der Waals surface area contributed by atoms with E-state index in [2.05, 4.69) is 0 Å². The fraction of sp³-hybridized carbons (Fsp3) is 0.714. The zero-order chi connectivity index (χ0) is 10.6. The molecule has 1 atom stereocenters. The van der Waals surface area contributed by atoms with Gasteiger partial charge < -0.3 is 10.4 Å². The van der Waals surface area contributed by atoms with E-state index in [-0.39, 0.29) is 0 Å². The molecule has 0 bridgehead atoms. The van der Waals surface area contributed by atoms with E-state index in [9.17, 15) is 18.4 Å². The van der Waals surface area contributed by atoms with Gasteiger partial charge in [0, 0.05) is 13.3 Å². The normalized spacial score (nSPS) is 13.5. The van der Waals surface area contributed by atoms with E-state index in [4.69, 9.17) is 5.11 Å². The number of hydrogen-bond acceptors (Lipinski definition) is 2. The highest BCUT2D eigenvalue weighted by atomic mass is 19.3. The van der Waals surface area contributed by atoms with E-state index in [1.807, 2.05) is 5.32 Å². The largest absolute Gasteiger partial charge is 0.480 e. The summed E-state index contributed by atoms with van der Waals surface area (Å²) in [5.41, 5.74) is 0. The highest BCUT2D eigenvalue weighted by Crippen LogP contribution is 2.18. The molecule has 0 aliphatic carbocycles. The molecule has 0 saturated carbocycles. The third-order valence-electron chi connectivity index (χ3n) is 1.24. The lowest BCUT2D eigenvalue weighted by Gasteiger charge is -2.17. The molecule has 0 aliphatic heterocycles. The molecule has 13 heavy (non-hydrogen) atoms. The first-order valence-electron chi connectivity index (χ1n) is 3.60. The molecule has 6 heteroatoms. The van der Waals surface area contributed by atoms with Crippen LogP contribution < -0.4 is 5.32 Å². The Morgan fingerprint density at radius 2 is 2.00 bits per heavy atom. The molecular weight excluding hydrogens is 184 g/mol. The summed E-state index contributed by atoms with van der Waals surface area (Å²) in [7, 11) is 0. The lowest BCUT2D eigenvalue weighted by molar-refractivity contribution is -0.144. The standard InChI is InChI=1S/C7H11F2NO3/c1-4(11)10-5(6(12)13)3-7(2,8)9/h5H,3H2,1-2H3,(H,10,11)(H,12,13). The van der Waals surface area contributed by atoms with Gasteiger partial charge in [-0.15, -0.1) is 0 Å². The van der Waals surface area contributed by atoms with Gasteiger partial charge in [0.2, 0.25) is 11.8 Å². The molecule has 76 valence electrons. The van der Waals surface area contributed by atoms with Crippen LogP contribution in [0, 0.1) is 0 Å². The van der Waals surface area contributed by atoms with Crippen molar-refractivity contribution < 1.29 is 23.5 Å². The summed E-state index contributed by atoms with van der Waals surface area (Å²) in [6.07, 6.45) is -0.901. The summed E-state index contributed by atoms with van der Waals surface area (Å²) < 4.78 is 24.7. The van der Waals surface area contributed by atoms with Crippen molar-refractivity contribution in [3.63, 3.8) is 0 Å². The number of nitrogens with one attached hydrogen (secondary N) is 1. The topological polar surface area (TPSA) is 66.4 Å². The summed E-state index contributed by atoms with van der Waals surface area (Å²) >= 11 is 0. The quantitative estimate of drug-likeness (QED) is 0.691. The van der Waals surface area contributed by atoms with Gasteiger partial charge in [-0.3, -0.25) is 4.79 Å². The Balaban J connectivity index is 4.27. The van der Waals surface area contributed by atoms with Gasteiger partial charge in [0.05, 0.1) is 0 Å². The molecule has 4 nitrogen and oxygen atoms in total. The second-order valence-electron chi connectivity index (χ2n) is 2.87. The van der Waals surface area contributed by atoms with E-state index >= 15 is 0 Å². The summed E-state index contributed by atoms with van der Waals surface area (Å²) in [6, 6.07) is -1.53. The van der Waals surface area contributed by atoms with Crippen LogP contribution >= 0.6 is 0 Å². The average Bonchev–Trinajstić information content (AvgIpc) is 1.81. The molecule has 0 fully saturated rings. The fourth-order valence-electron chi connectivity index (χ4n) is 0.804. The number of carboxylic acid groups (broad SMARTS) is 1. The monoisotopic (exact) mass is 195 g/mol. The molecule has 1 unspecified atom stereocenters. The number of carboxylic acids is 1. The van der Waals surface area contributed by atoms with Gasteiger partial charge in [0.15, 0.2) is 0 Å². The van der Waals surface area contributed by atoms with Crippen molar-refractivity contribution in [2.24, 2.45) is 0 Å². The Morgan fingerprint density at radius 1 is 1.54 bits per heavy atom. The molecule has 0 aliphatic rings. The van der Waals surface area contributed by atoms with Crippen molar-refractivity contribution in [1.82, 2.24) is 5.32 Å². The van der Waals surface area contributed by atoms with Crippen molar-refractivity contribution in [3.05, 3.63) is 0 Å². The van der Waals surface area contributed by atoms with Crippen LogP contribution in [0.25, 0.3) is 0 Å². The van der Waals surface area contributed by atoms with Crippen molar-refractivity contribution in [3.8, 4) is 0 Å². The number of amides is 1. The van der Waals surface area contributed by atoms with Gasteiger partial charge in [-0.2, -0.15) is 0 Å². The Morgan fingerprint density at radius 3 is 2.23 bits per heavy atom. The lowest BCUT2D eigenvalue weighted by Crippen LogP contribution is -2.42. The Hall–Kier alpha value is -1.20. The highest BCUT2D eigenvalue weighted by molar-refractivity contribution is 5.82. The van der Waals surface area contributed by atoms with E-state index in [1.165, 1.54) is 0 Å². The molecule has 0 aromatic carbocycles. The van der Waals surface area contributed by atoms with E-state index < -0.39 is 30.3 Å². The Kier molecular flexibility index (Phi) is 3.77. The second-order valence-corrected chi connectivity index (χ2v) is 2.87. The van der Waals surface area contributed by atoms with Crippen LogP contribution in [-0.4, -0.2) is 28.9 Å². The number of rotatable bonds is 4. The minimum Gasteiger partial charge on any atom is -0.480 e. The minimum atomic E-state index is -3.11. The van der Waals surface area contributed by atoms with Crippen LogP contribution in [-0.2, 0) is 9.59 Å². The van der Waals surface area contributed by atoms with Crippen LogP contribution in [0.4, 0.5) is 8.78 Å². The van der Waals surface area contributed by atoms with Crippen molar-refractivity contribution >= 4 is 11.9 Å². The number of aliphatic carboxylic acids is 1. The van der Waals surface area contributed by atoms with Crippen LogP contribution in [0.15, 0.2) is 0 Å². The van der Waals surface area contributed by atoms with E-state index in [0.29, 0.717) is 6.92 Å². The van der Waals surface area contributed by atoms with Gasteiger partial charge in [-0.1, -0.05) is 0 Å². The summed E-state index contributed by atoms with van der Waals surface area (Å²) in [5.74, 6) is -5.21. The first-order valence-corrected chi connectivity index (χ1v) is 3.60. The van der Waals surface area contributed by atoms with Crippen molar-refractivity contribution in [2.45, 2.75) is 32.2 Å².